The summed E-state index contributed by atoms with van der Waals surface area (Å²) in [6.07, 6.45) is 0.773. The van der Waals surface area contributed by atoms with Gasteiger partial charge in [0.15, 0.2) is 11.6 Å². The van der Waals surface area contributed by atoms with Crippen molar-refractivity contribution in [1.82, 2.24) is 0 Å². The molecule has 0 spiro atoms. The van der Waals surface area contributed by atoms with Crippen LogP contribution >= 0.6 is 0 Å². The van der Waals surface area contributed by atoms with Crippen LogP contribution in [-0.4, -0.2) is 11.6 Å². The van der Waals surface area contributed by atoms with Gasteiger partial charge >= 0.3 is 0 Å². The maximum absolute atomic E-state index is 13.6. The van der Waals surface area contributed by atoms with E-state index >= 15 is 0 Å². The van der Waals surface area contributed by atoms with Crippen molar-refractivity contribution in [3.8, 4) is 0 Å². The molecule has 0 bridgehead atoms. The maximum Gasteiger partial charge on any atom is 0.162 e. The first kappa shape index (κ1) is 18.8. The first-order valence-corrected chi connectivity index (χ1v) is 9.43. The van der Waals surface area contributed by atoms with E-state index in [2.05, 4.69) is 0 Å². The minimum Gasteiger partial charge on any atom is -0.298 e. The SMILES string of the molecule is CCC(=O)c1ccccc1C(C(=O)CC)(c1ccccc1)c1ccccc1. The molecule has 0 aliphatic carbocycles. The second kappa shape index (κ2) is 8.13. The van der Waals surface area contributed by atoms with E-state index in [1.54, 1.807) is 0 Å². The van der Waals surface area contributed by atoms with E-state index in [0.717, 1.165) is 16.7 Å². The molecule has 0 atom stereocenters. The lowest BCUT2D eigenvalue weighted by molar-refractivity contribution is -0.121. The summed E-state index contributed by atoms with van der Waals surface area (Å²) in [7, 11) is 0. The molecule has 0 radical (unpaired) electrons. The third-order valence-electron chi connectivity index (χ3n) is 5.11. The highest BCUT2D eigenvalue weighted by molar-refractivity contribution is 6.04. The number of hydrogen-bond donors (Lipinski definition) is 0. The molecule has 3 aromatic carbocycles. The van der Waals surface area contributed by atoms with Crippen molar-refractivity contribution >= 4 is 11.6 Å². The van der Waals surface area contributed by atoms with Gasteiger partial charge < -0.3 is 0 Å². The van der Waals surface area contributed by atoms with Crippen LogP contribution in [-0.2, 0) is 10.2 Å². The molecule has 0 fully saturated rings. The predicted octanol–water partition coefficient (Wildman–Crippen LogP) is 5.59. The molecule has 0 heterocycles. The molecular formula is C25H24O2. The van der Waals surface area contributed by atoms with Gasteiger partial charge in [-0.1, -0.05) is 98.8 Å². The molecule has 3 aromatic rings. The summed E-state index contributed by atoms with van der Waals surface area (Å²) in [5.74, 6) is 0.127. The summed E-state index contributed by atoms with van der Waals surface area (Å²) in [6, 6.07) is 27.1. The van der Waals surface area contributed by atoms with Gasteiger partial charge in [-0.05, 0) is 16.7 Å². The van der Waals surface area contributed by atoms with E-state index in [9.17, 15) is 9.59 Å². The molecule has 0 aliphatic heterocycles. The summed E-state index contributed by atoms with van der Waals surface area (Å²) in [4.78, 5) is 26.3. The second-order valence-electron chi connectivity index (χ2n) is 6.58. The Morgan fingerprint density at radius 2 is 1.15 bits per heavy atom. The molecule has 0 saturated carbocycles. The van der Waals surface area contributed by atoms with Crippen LogP contribution in [0.4, 0.5) is 0 Å². The molecular weight excluding hydrogens is 332 g/mol. The molecule has 0 amide bonds. The minimum absolute atomic E-state index is 0.0470. The fourth-order valence-electron chi connectivity index (χ4n) is 3.84. The topological polar surface area (TPSA) is 34.1 Å². The average Bonchev–Trinajstić information content (AvgIpc) is 2.75. The largest absolute Gasteiger partial charge is 0.298 e. The van der Waals surface area contributed by atoms with Crippen molar-refractivity contribution in [3.05, 3.63) is 107 Å². The summed E-state index contributed by atoms with van der Waals surface area (Å²) in [6.45, 7) is 3.74. The lowest BCUT2D eigenvalue weighted by Gasteiger charge is -2.35. The number of ketones is 2. The average molecular weight is 356 g/mol. The van der Waals surface area contributed by atoms with Gasteiger partial charge in [-0.25, -0.2) is 0 Å². The highest BCUT2D eigenvalue weighted by Crippen LogP contribution is 2.42. The molecule has 0 aromatic heterocycles. The molecule has 3 rings (SSSR count). The van der Waals surface area contributed by atoms with Gasteiger partial charge in [0.25, 0.3) is 0 Å². The highest BCUT2D eigenvalue weighted by Gasteiger charge is 2.44. The maximum atomic E-state index is 13.6. The molecule has 2 nitrogen and oxygen atoms in total. The van der Waals surface area contributed by atoms with Crippen molar-refractivity contribution in [2.75, 3.05) is 0 Å². The predicted molar refractivity (Wildman–Crippen MR) is 109 cm³/mol. The van der Waals surface area contributed by atoms with Gasteiger partial charge in [-0.3, -0.25) is 9.59 Å². The quantitative estimate of drug-likeness (QED) is 0.408. The lowest BCUT2D eigenvalue weighted by atomic mass is 9.64. The van der Waals surface area contributed by atoms with Crippen LogP contribution in [0.3, 0.4) is 0 Å². The second-order valence-corrected chi connectivity index (χ2v) is 6.58. The van der Waals surface area contributed by atoms with E-state index < -0.39 is 5.41 Å². The third kappa shape index (κ3) is 3.23. The number of Topliss-reactive ketones (excluding diaryl/α,β-unsaturated/α-hetero) is 2. The van der Waals surface area contributed by atoms with Crippen molar-refractivity contribution < 1.29 is 9.59 Å². The van der Waals surface area contributed by atoms with Crippen LogP contribution in [0.1, 0.15) is 53.7 Å². The van der Waals surface area contributed by atoms with Gasteiger partial charge in [-0.15, -0.1) is 0 Å². The van der Waals surface area contributed by atoms with E-state index in [1.807, 2.05) is 98.8 Å². The Kier molecular flexibility index (Phi) is 5.66. The summed E-state index contributed by atoms with van der Waals surface area (Å²) in [5.41, 5.74) is 2.16. The van der Waals surface area contributed by atoms with E-state index in [-0.39, 0.29) is 11.6 Å². The number of hydrogen-bond acceptors (Lipinski definition) is 2. The van der Waals surface area contributed by atoms with Gasteiger partial charge in [0, 0.05) is 18.4 Å². The number of carbonyl (C=O) groups is 2. The van der Waals surface area contributed by atoms with E-state index in [0.29, 0.717) is 18.4 Å². The van der Waals surface area contributed by atoms with E-state index in [1.165, 1.54) is 0 Å². The van der Waals surface area contributed by atoms with Crippen LogP contribution in [0.2, 0.25) is 0 Å². The van der Waals surface area contributed by atoms with Crippen molar-refractivity contribution in [2.45, 2.75) is 32.1 Å². The Bertz CT molecular complexity index is 887. The van der Waals surface area contributed by atoms with Crippen LogP contribution in [0.25, 0.3) is 0 Å². The van der Waals surface area contributed by atoms with Crippen LogP contribution in [0, 0.1) is 0 Å². The Balaban J connectivity index is 2.46. The summed E-state index contributed by atoms with van der Waals surface area (Å²) >= 11 is 0. The molecule has 0 aliphatic rings. The first-order valence-electron chi connectivity index (χ1n) is 9.43. The molecule has 27 heavy (non-hydrogen) atoms. The van der Waals surface area contributed by atoms with Crippen LogP contribution < -0.4 is 0 Å². The van der Waals surface area contributed by atoms with Gasteiger partial charge in [-0.2, -0.15) is 0 Å². The van der Waals surface area contributed by atoms with Crippen LogP contribution in [0.5, 0.6) is 0 Å². The number of benzene rings is 3. The minimum atomic E-state index is -1.00. The lowest BCUT2D eigenvalue weighted by Crippen LogP contribution is -2.39. The molecule has 2 heteroatoms. The molecule has 0 unspecified atom stereocenters. The number of rotatable bonds is 7. The fourth-order valence-corrected chi connectivity index (χ4v) is 3.84. The third-order valence-corrected chi connectivity index (χ3v) is 5.11. The summed E-state index contributed by atoms with van der Waals surface area (Å²) in [5, 5.41) is 0. The first-order chi connectivity index (χ1) is 13.2. The standard InChI is InChI=1S/C25H24O2/c1-3-23(26)21-17-11-12-18-22(21)25(24(27)4-2,19-13-7-5-8-14-19)20-15-9-6-10-16-20/h5-18H,3-4H2,1-2H3. The Morgan fingerprint density at radius 1 is 0.667 bits per heavy atom. The van der Waals surface area contributed by atoms with Crippen molar-refractivity contribution in [1.29, 1.82) is 0 Å². The molecule has 0 saturated heterocycles. The normalized spacial score (nSPS) is 11.2. The Labute approximate surface area is 160 Å². The zero-order valence-corrected chi connectivity index (χ0v) is 15.8. The van der Waals surface area contributed by atoms with E-state index in [4.69, 9.17) is 0 Å². The zero-order chi connectivity index (χ0) is 19.3. The Hall–Kier alpha value is -3.00. The van der Waals surface area contributed by atoms with Crippen molar-refractivity contribution in [3.63, 3.8) is 0 Å². The summed E-state index contributed by atoms with van der Waals surface area (Å²) < 4.78 is 0. The van der Waals surface area contributed by atoms with Gasteiger partial charge in [0.2, 0.25) is 0 Å². The highest BCUT2D eigenvalue weighted by atomic mass is 16.1. The fraction of sp³-hybridized carbons (Fsp3) is 0.200. The molecule has 136 valence electrons. The van der Waals surface area contributed by atoms with Crippen LogP contribution in [0.15, 0.2) is 84.9 Å². The Morgan fingerprint density at radius 3 is 1.63 bits per heavy atom. The molecule has 0 N–H and O–H groups in total. The number of carbonyl (C=O) groups excluding carboxylic acids is 2. The van der Waals surface area contributed by atoms with Gasteiger partial charge in [0.1, 0.15) is 5.41 Å². The zero-order valence-electron chi connectivity index (χ0n) is 15.8. The monoisotopic (exact) mass is 356 g/mol. The van der Waals surface area contributed by atoms with Gasteiger partial charge in [0.05, 0.1) is 0 Å². The smallest absolute Gasteiger partial charge is 0.162 e. The van der Waals surface area contributed by atoms with Crippen molar-refractivity contribution in [2.24, 2.45) is 0 Å².